The van der Waals surface area contributed by atoms with Crippen LogP contribution in [0.3, 0.4) is 0 Å². The zero-order chi connectivity index (χ0) is 24.0. The number of hydrogen-bond donors (Lipinski definition) is 2. The van der Waals surface area contributed by atoms with Crippen molar-refractivity contribution in [3.05, 3.63) is 54.1 Å². The van der Waals surface area contributed by atoms with Crippen LogP contribution in [0.2, 0.25) is 0 Å². The van der Waals surface area contributed by atoms with Gasteiger partial charge in [0.2, 0.25) is 21.8 Å². The third-order valence-electron chi connectivity index (χ3n) is 5.30. The molecule has 1 fully saturated rings. The van der Waals surface area contributed by atoms with Crippen LogP contribution in [0.15, 0.2) is 53.4 Å². The van der Waals surface area contributed by atoms with Gasteiger partial charge >= 0.3 is 0 Å². The van der Waals surface area contributed by atoms with Gasteiger partial charge in [0.05, 0.1) is 24.2 Å². The molecule has 2 aromatic rings. The topological polar surface area (TPSA) is 108 Å². The Labute approximate surface area is 194 Å². The zero-order valence-corrected chi connectivity index (χ0v) is 19.9. The lowest BCUT2D eigenvalue weighted by atomic mass is 10.1. The number of likely N-dealkylation sites (N-methyl/N-ethyl adjacent to an activating group) is 1. The van der Waals surface area contributed by atoms with Crippen molar-refractivity contribution in [3.8, 4) is 0 Å². The highest BCUT2D eigenvalue weighted by molar-refractivity contribution is 7.89. The lowest BCUT2D eigenvalue weighted by Gasteiger charge is -2.29. The van der Waals surface area contributed by atoms with E-state index in [2.05, 4.69) is 14.9 Å². The van der Waals surface area contributed by atoms with Gasteiger partial charge in [0, 0.05) is 45.0 Å². The first kappa shape index (κ1) is 24.7. The molecule has 1 heterocycles. The molecule has 1 atom stereocenters. The number of hydrogen-bond acceptors (Lipinski definition) is 6. The Hall–Kier alpha value is -2.95. The quantitative estimate of drug-likeness (QED) is 0.604. The molecular formula is C23H30N4O5S. The minimum atomic E-state index is -3.90. The highest BCUT2D eigenvalue weighted by Crippen LogP contribution is 2.18. The molecule has 9 nitrogen and oxygen atoms in total. The van der Waals surface area contributed by atoms with E-state index in [-0.39, 0.29) is 16.7 Å². The summed E-state index contributed by atoms with van der Waals surface area (Å²) in [5.74, 6) is -0.590. The second-order valence-corrected chi connectivity index (χ2v) is 9.72. The molecule has 1 aliphatic rings. The van der Waals surface area contributed by atoms with Gasteiger partial charge in [-0.1, -0.05) is 12.1 Å². The molecule has 33 heavy (non-hydrogen) atoms. The third kappa shape index (κ3) is 6.77. The van der Waals surface area contributed by atoms with Crippen LogP contribution >= 0.6 is 0 Å². The first-order valence-corrected chi connectivity index (χ1v) is 12.2. The van der Waals surface area contributed by atoms with Crippen molar-refractivity contribution in [3.63, 3.8) is 0 Å². The number of carbonyl (C=O) groups is 2. The molecule has 3 rings (SSSR count). The Morgan fingerprint density at radius 2 is 1.67 bits per heavy atom. The number of morpholine rings is 1. The molecule has 2 amide bonds. The summed E-state index contributed by atoms with van der Waals surface area (Å²) in [5.41, 5.74) is 2.55. The van der Waals surface area contributed by atoms with Crippen LogP contribution in [0.25, 0.3) is 0 Å². The van der Waals surface area contributed by atoms with E-state index >= 15 is 0 Å². The maximum atomic E-state index is 12.8. The Morgan fingerprint density at radius 3 is 2.24 bits per heavy atom. The van der Waals surface area contributed by atoms with Gasteiger partial charge in [0.25, 0.3) is 0 Å². The molecule has 1 saturated heterocycles. The summed E-state index contributed by atoms with van der Waals surface area (Å²) in [6.07, 6.45) is 0. The lowest BCUT2D eigenvalue weighted by Crippen LogP contribution is -2.45. The molecular weight excluding hydrogens is 444 g/mol. The fraction of sp³-hybridized carbons (Fsp3) is 0.391. The highest BCUT2D eigenvalue weighted by atomic mass is 32.2. The van der Waals surface area contributed by atoms with Gasteiger partial charge in [-0.3, -0.25) is 9.59 Å². The van der Waals surface area contributed by atoms with E-state index in [1.165, 1.54) is 43.0 Å². The Bertz CT molecular complexity index is 1070. The first-order chi connectivity index (χ1) is 15.7. The van der Waals surface area contributed by atoms with Gasteiger partial charge < -0.3 is 19.9 Å². The molecule has 0 bridgehead atoms. The predicted octanol–water partition coefficient (Wildman–Crippen LogP) is 1.81. The molecule has 2 N–H and O–H groups in total. The highest BCUT2D eigenvalue weighted by Gasteiger charge is 2.24. The predicted molar refractivity (Wildman–Crippen MR) is 126 cm³/mol. The Morgan fingerprint density at radius 1 is 1.06 bits per heavy atom. The smallest absolute Gasteiger partial charge is 0.241 e. The van der Waals surface area contributed by atoms with Crippen molar-refractivity contribution < 1.29 is 22.7 Å². The number of nitrogens with zero attached hydrogens (tertiary/aromatic N) is 2. The number of nitrogens with one attached hydrogen (secondary N) is 2. The fourth-order valence-electron chi connectivity index (χ4n) is 3.59. The van der Waals surface area contributed by atoms with E-state index in [0.717, 1.165) is 24.3 Å². The van der Waals surface area contributed by atoms with Crippen LogP contribution in [0, 0.1) is 0 Å². The van der Waals surface area contributed by atoms with Crippen LogP contribution in [0.4, 0.5) is 11.4 Å². The second kappa shape index (κ2) is 10.8. The molecule has 0 aromatic heterocycles. The summed E-state index contributed by atoms with van der Waals surface area (Å²) in [6.45, 7) is 6.38. The van der Waals surface area contributed by atoms with Gasteiger partial charge in [0.1, 0.15) is 0 Å². The molecule has 0 radical (unpaired) electrons. The molecule has 1 aliphatic heterocycles. The van der Waals surface area contributed by atoms with Crippen molar-refractivity contribution in [2.24, 2.45) is 0 Å². The number of benzene rings is 2. The largest absolute Gasteiger partial charge is 0.378 e. The van der Waals surface area contributed by atoms with Gasteiger partial charge in [-0.15, -0.1) is 0 Å². The van der Waals surface area contributed by atoms with E-state index in [9.17, 15) is 18.0 Å². The molecule has 0 spiro atoms. The monoisotopic (exact) mass is 474 g/mol. The van der Waals surface area contributed by atoms with Crippen molar-refractivity contribution in [1.29, 1.82) is 0 Å². The van der Waals surface area contributed by atoms with Gasteiger partial charge in [0.15, 0.2) is 0 Å². The van der Waals surface area contributed by atoms with Crippen molar-refractivity contribution >= 4 is 33.2 Å². The molecule has 2 aromatic carbocycles. The SMILES string of the molecule is CC(=O)Nc1ccc(S(=O)(=O)N[C@@H](C)C(=O)N(C)Cc2ccc(N3CCOCC3)cc2)cc1. The average molecular weight is 475 g/mol. The van der Waals surface area contributed by atoms with Gasteiger partial charge in [-0.05, 0) is 48.9 Å². The lowest BCUT2D eigenvalue weighted by molar-refractivity contribution is -0.131. The molecule has 0 unspecified atom stereocenters. The van der Waals surface area contributed by atoms with Crippen molar-refractivity contribution in [2.75, 3.05) is 43.6 Å². The molecule has 0 aliphatic carbocycles. The van der Waals surface area contributed by atoms with Crippen LogP contribution in [0.1, 0.15) is 19.4 Å². The zero-order valence-electron chi connectivity index (χ0n) is 19.1. The number of amides is 2. The average Bonchev–Trinajstić information content (AvgIpc) is 2.79. The third-order valence-corrected chi connectivity index (χ3v) is 6.85. The van der Waals surface area contributed by atoms with E-state index in [0.29, 0.717) is 25.4 Å². The summed E-state index contributed by atoms with van der Waals surface area (Å²) in [4.78, 5) is 27.6. The Balaban J connectivity index is 1.57. The minimum absolute atomic E-state index is 0.0117. The molecule has 178 valence electrons. The number of ether oxygens (including phenoxy) is 1. The summed E-state index contributed by atoms with van der Waals surface area (Å²) >= 11 is 0. The van der Waals surface area contributed by atoms with E-state index in [1.807, 2.05) is 24.3 Å². The molecule has 10 heteroatoms. The second-order valence-electron chi connectivity index (χ2n) is 8.01. The standard InChI is InChI=1S/C23H30N4O5S/c1-17(25-33(30,31)22-10-6-20(7-11-22)24-18(2)28)23(29)26(3)16-19-4-8-21(9-5-19)27-12-14-32-15-13-27/h4-11,17,25H,12-16H2,1-3H3,(H,24,28)/t17-/m0/s1. The van der Waals surface area contributed by atoms with Crippen LogP contribution in [-0.4, -0.2) is 64.5 Å². The van der Waals surface area contributed by atoms with Gasteiger partial charge in [-0.2, -0.15) is 4.72 Å². The summed E-state index contributed by atoms with van der Waals surface area (Å²) in [6, 6.07) is 12.8. The van der Waals surface area contributed by atoms with E-state index in [1.54, 1.807) is 7.05 Å². The number of carbonyl (C=O) groups excluding carboxylic acids is 2. The summed E-state index contributed by atoms with van der Waals surface area (Å²) < 4.78 is 33.1. The molecule has 0 saturated carbocycles. The van der Waals surface area contributed by atoms with Crippen molar-refractivity contribution in [2.45, 2.75) is 31.3 Å². The fourth-order valence-corrected chi connectivity index (χ4v) is 4.78. The maximum Gasteiger partial charge on any atom is 0.241 e. The van der Waals surface area contributed by atoms with Crippen LogP contribution in [-0.2, 0) is 30.9 Å². The summed E-state index contributed by atoms with van der Waals surface area (Å²) in [5, 5.41) is 2.58. The normalized spacial score (nSPS) is 15.1. The minimum Gasteiger partial charge on any atom is -0.378 e. The van der Waals surface area contributed by atoms with Crippen LogP contribution in [0.5, 0.6) is 0 Å². The number of sulfonamides is 1. The van der Waals surface area contributed by atoms with E-state index < -0.39 is 16.1 Å². The van der Waals surface area contributed by atoms with Gasteiger partial charge in [-0.25, -0.2) is 8.42 Å². The number of anilines is 2. The maximum absolute atomic E-state index is 12.8. The van der Waals surface area contributed by atoms with Crippen molar-refractivity contribution in [1.82, 2.24) is 9.62 Å². The van der Waals surface area contributed by atoms with Crippen LogP contribution < -0.4 is 14.9 Å². The summed E-state index contributed by atoms with van der Waals surface area (Å²) in [7, 11) is -2.26. The Kier molecular flexibility index (Phi) is 8.06. The number of rotatable bonds is 8. The van der Waals surface area contributed by atoms with E-state index in [4.69, 9.17) is 4.74 Å². The first-order valence-electron chi connectivity index (χ1n) is 10.7.